The summed E-state index contributed by atoms with van der Waals surface area (Å²) in [5.74, 6) is -1.06. The number of aromatic nitrogens is 2. The molecule has 0 aliphatic carbocycles. The van der Waals surface area contributed by atoms with Crippen LogP contribution in [0.4, 0.5) is 4.39 Å². The van der Waals surface area contributed by atoms with Gasteiger partial charge in [0, 0.05) is 36.0 Å². The first-order valence-corrected chi connectivity index (χ1v) is 11.3. The molecule has 8 heteroatoms. The van der Waals surface area contributed by atoms with Crippen LogP contribution in [0.25, 0.3) is 10.9 Å². The van der Waals surface area contributed by atoms with E-state index in [2.05, 4.69) is 10.3 Å². The van der Waals surface area contributed by atoms with E-state index in [1.165, 1.54) is 24.4 Å². The van der Waals surface area contributed by atoms with E-state index in [0.29, 0.717) is 23.0 Å². The van der Waals surface area contributed by atoms with Crippen molar-refractivity contribution in [1.82, 2.24) is 14.9 Å². The molecule has 1 N–H and O–H groups in total. The van der Waals surface area contributed by atoms with Crippen LogP contribution in [0, 0.1) is 5.82 Å². The summed E-state index contributed by atoms with van der Waals surface area (Å²) in [7, 11) is -3.75. The minimum absolute atomic E-state index is 0.0315. The van der Waals surface area contributed by atoms with Gasteiger partial charge in [0.2, 0.25) is 5.91 Å². The monoisotopic (exact) mass is 437 g/mol. The molecule has 2 heterocycles. The summed E-state index contributed by atoms with van der Waals surface area (Å²) >= 11 is 0. The first kappa shape index (κ1) is 20.7. The summed E-state index contributed by atoms with van der Waals surface area (Å²) in [4.78, 5) is 16.6. The van der Waals surface area contributed by atoms with Gasteiger partial charge in [-0.1, -0.05) is 36.4 Å². The zero-order valence-corrected chi connectivity index (χ0v) is 17.3. The van der Waals surface area contributed by atoms with E-state index in [1.54, 1.807) is 53.4 Å². The molecular formula is C23H20FN3O3S. The molecule has 6 nitrogen and oxygen atoms in total. The van der Waals surface area contributed by atoms with Crippen LogP contribution in [0.3, 0.4) is 0 Å². The minimum atomic E-state index is -3.75. The Balaban J connectivity index is 1.59. The Bertz CT molecular complexity index is 1330. The van der Waals surface area contributed by atoms with Gasteiger partial charge in [-0.2, -0.15) is 0 Å². The highest BCUT2D eigenvalue weighted by molar-refractivity contribution is 7.90. The second kappa shape index (κ2) is 8.69. The molecule has 4 aromatic rings. The van der Waals surface area contributed by atoms with Gasteiger partial charge in [-0.15, -0.1) is 0 Å². The van der Waals surface area contributed by atoms with Gasteiger partial charge in [-0.3, -0.25) is 9.78 Å². The van der Waals surface area contributed by atoms with Crippen molar-refractivity contribution >= 4 is 26.6 Å². The van der Waals surface area contributed by atoms with E-state index in [0.717, 1.165) is 5.56 Å². The Morgan fingerprint density at radius 1 is 1.03 bits per heavy atom. The van der Waals surface area contributed by atoms with E-state index in [1.807, 2.05) is 6.07 Å². The van der Waals surface area contributed by atoms with Crippen LogP contribution in [-0.2, 0) is 33.5 Å². The second-order valence-corrected chi connectivity index (χ2v) is 9.12. The standard InChI is InChI=1S/C23H20FN3O3S/c24-19-7-3-5-17(11-19)16-31(29,30)22-14-27(21-9-2-1-8-20(21)22)15-23(28)26-13-18-6-4-10-25-12-18/h1-12,14H,13,15-16H2,(H,26,28). The molecule has 2 aromatic heterocycles. The first-order valence-electron chi connectivity index (χ1n) is 9.63. The van der Waals surface area contributed by atoms with Gasteiger partial charge in [0.05, 0.1) is 10.6 Å². The highest BCUT2D eigenvalue weighted by atomic mass is 32.2. The van der Waals surface area contributed by atoms with Gasteiger partial charge in [-0.25, -0.2) is 12.8 Å². The van der Waals surface area contributed by atoms with Crippen LogP contribution >= 0.6 is 0 Å². The van der Waals surface area contributed by atoms with Crippen molar-refractivity contribution in [2.75, 3.05) is 0 Å². The molecule has 1 amide bonds. The van der Waals surface area contributed by atoms with Crippen LogP contribution < -0.4 is 5.32 Å². The molecule has 0 spiro atoms. The molecule has 0 unspecified atom stereocenters. The molecule has 0 aliphatic rings. The van der Waals surface area contributed by atoms with Crippen LogP contribution in [0.2, 0.25) is 0 Å². The van der Waals surface area contributed by atoms with E-state index < -0.39 is 15.7 Å². The van der Waals surface area contributed by atoms with Crippen LogP contribution in [0.5, 0.6) is 0 Å². The van der Waals surface area contributed by atoms with E-state index >= 15 is 0 Å². The second-order valence-electron chi connectivity index (χ2n) is 7.17. The number of carbonyl (C=O) groups is 1. The van der Waals surface area contributed by atoms with Crippen LogP contribution in [0.15, 0.2) is 84.1 Å². The number of pyridine rings is 1. The normalized spacial score (nSPS) is 11.5. The third-order valence-corrected chi connectivity index (χ3v) is 6.57. The summed E-state index contributed by atoms with van der Waals surface area (Å²) in [5, 5.41) is 3.34. The lowest BCUT2D eigenvalue weighted by Gasteiger charge is -2.07. The quantitative estimate of drug-likeness (QED) is 0.480. The lowest BCUT2D eigenvalue weighted by Crippen LogP contribution is -2.26. The number of fused-ring (bicyclic) bond motifs is 1. The van der Waals surface area contributed by atoms with Crippen molar-refractivity contribution in [3.05, 3.63) is 96.2 Å². The van der Waals surface area contributed by atoms with E-state index in [-0.39, 0.29) is 23.1 Å². The fraction of sp³-hybridized carbons (Fsp3) is 0.130. The van der Waals surface area contributed by atoms with Crippen LogP contribution in [-0.4, -0.2) is 23.9 Å². The third kappa shape index (κ3) is 4.80. The highest BCUT2D eigenvalue weighted by Gasteiger charge is 2.22. The Kier molecular flexibility index (Phi) is 5.81. The zero-order chi connectivity index (χ0) is 21.8. The summed E-state index contributed by atoms with van der Waals surface area (Å²) < 4.78 is 41.3. The number of nitrogens with zero attached hydrogens (tertiary/aromatic N) is 2. The van der Waals surface area contributed by atoms with Gasteiger partial charge >= 0.3 is 0 Å². The van der Waals surface area contributed by atoms with Crippen molar-refractivity contribution in [2.45, 2.75) is 23.7 Å². The van der Waals surface area contributed by atoms with Gasteiger partial charge in [-0.05, 0) is 35.4 Å². The number of para-hydroxylation sites is 1. The number of hydrogen-bond acceptors (Lipinski definition) is 4. The SMILES string of the molecule is O=C(Cn1cc(S(=O)(=O)Cc2cccc(F)c2)c2ccccc21)NCc1cccnc1. The van der Waals surface area contributed by atoms with Crippen molar-refractivity contribution < 1.29 is 17.6 Å². The number of halogens is 1. The molecule has 0 radical (unpaired) electrons. The number of amides is 1. The summed E-state index contributed by atoms with van der Waals surface area (Å²) in [5.41, 5.74) is 1.87. The number of carbonyl (C=O) groups excluding carboxylic acids is 1. The summed E-state index contributed by atoms with van der Waals surface area (Å²) in [6, 6.07) is 16.2. The molecule has 0 atom stereocenters. The smallest absolute Gasteiger partial charge is 0.240 e. The fourth-order valence-electron chi connectivity index (χ4n) is 3.43. The van der Waals surface area contributed by atoms with Crippen molar-refractivity contribution in [3.8, 4) is 0 Å². The molecule has 158 valence electrons. The van der Waals surface area contributed by atoms with Gasteiger partial charge in [0.15, 0.2) is 9.84 Å². The number of rotatable bonds is 7. The van der Waals surface area contributed by atoms with Crippen molar-refractivity contribution in [2.24, 2.45) is 0 Å². The maximum atomic E-state index is 13.5. The molecule has 4 rings (SSSR count). The Hall–Kier alpha value is -3.52. The molecule has 0 bridgehead atoms. The molecule has 0 aliphatic heterocycles. The Morgan fingerprint density at radius 2 is 1.84 bits per heavy atom. The molecule has 0 saturated carbocycles. The average Bonchev–Trinajstić information content (AvgIpc) is 3.12. The lowest BCUT2D eigenvalue weighted by atomic mass is 10.2. The first-order chi connectivity index (χ1) is 14.9. The Morgan fingerprint density at radius 3 is 2.61 bits per heavy atom. The van der Waals surface area contributed by atoms with E-state index in [4.69, 9.17) is 0 Å². The predicted molar refractivity (Wildman–Crippen MR) is 115 cm³/mol. The molecule has 0 saturated heterocycles. The van der Waals surface area contributed by atoms with Crippen molar-refractivity contribution in [3.63, 3.8) is 0 Å². The fourth-order valence-corrected chi connectivity index (χ4v) is 5.00. The number of hydrogen-bond donors (Lipinski definition) is 1. The maximum absolute atomic E-state index is 13.5. The third-order valence-electron chi connectivity index (χ3n) is 4.86. The molecule has 2 aromatic carbocycles. The van der Waals surface area contributed by atoms with Gasteiger partial charge < -0.3 is 9.88 Å². The summed E-state index contributed by atoms with van der Waals surface area (Å²) in [6.07, 6.45) is 4.80. The Labute approximate surface area is 179 Å². The lowest BCUT2D eigenvalue weighted by molar-refractivity contribution is -0.121. The highest BCUT2D eigenvalue weighted by Crippen LogP contribution is 2.28. The molecule has 31 heavy (non-hydrogen) atoms. The number of sulfone groups is 1. The van der Waals surface area contributed by atoms with E-state index in [9.17, 15) is 17.6 Å². The molecule has 0 fully saturated rings. The number of nitrogens with one attached hydrogen (secondary N) is 1. The largest absolute Gasteiger partial charge is 0.350 e. The minimum Gasteiger partial charge on any atom is -0.350 e. The average molecular weight is 437 g/mol. The maximum Gasteiger partial charge on any atom is 0.240 e. The molecular weight excluding hydrogens is 417 g/mol. The summed E-state index contributed by atoms with van der Waals surface area (Å²) in [6.45, 7) is 0.298. The van der Waals surface area contributed by atoms with Crippen LogP contribution in [0.1, 0.15) is 11.1 Å². The van der Waals surface area contributed by atoms with Gasteiger partial charge in [0.1, 0.15) is 12.4 Å². The predicted octanol–water partition coefficient (Wildman–Crippen LogP) is 3.47. The zero-order valence-electron chi connectivity index (χ0n) is 16.5. The van der Waals surface area contributed by atoms with Gasteiger partial charge in [0.25, 0.3) is 0 Å². The number of benzene rings is 2. The topological polar surface area (TPSA) is 81.1 Å². The van der Waals surface area contributed by atoms with Crippen molar-refractivity contribution in [1.29, 1.82) is 0 Å².